The lowest BCUT2D eigenvalue weighted by Crippen LogP contribution is -2.30. The van der Waals surface area contributed by atoms with E-state index in [1.165, 1.54) is 0 Å². The van der Waals surface area contributed by atoms with Crippen LogP contribution in [0.1, 0.15) is 25.8 Å². The molecular weight excluding hydrogens is 308 g/mol. The number of aromatic nitrogens is 1. The van der Waals surface area contributed by atoms with Crippen molar-refractivity contribution in [3.8, 4) is 0 Å². The van der Waals surface area contributed by atoms with Gasteiger partial charge in [-0.25, -0.2) is 0 Å². The molecule has 0 atom stereocenters. The van der Waals surface area contributed by atoms with Crippen LogP contribution in [0.5, 0.6) is 0 Å². The van der Waals surface area contributed by atoms with Gasteiger partial charge in [-0.15, -0.1) is 0 Å². The number of fused-ring (bicyclic) bond motifs is 1. The van der Waals surface area contributed by atoms with Gasteiger partial charge >= 0.3 is 0 Å². The number of anilines is 1. The van der Waals surface area contributed by atoms with E-state index in [4.69, 9.17) is 0 Å². The van der Waals surface area contributed by atoms with E-state index in [-0.39, 0.29) is 5.91 Å². The molecule has 0 aliphatic carbocycles. The number of nitrogens with zero attached hydrogens (tertiary/aromatic N) is 2. The predicted octanol–water partition coefficient (Wildman–Crippen LogP) is 5.04. The van der Waals surface area contributed by atoms with Gasteiger partial charge in [-0.1, -0.05) is 62.4 Å². The number of carbonyl (C=O) groups is 1. The third-order valence-corrected chi connectivity index (χ3v) is 4.68. The third-order valence-electron chi connectivity index (χ3n) is 4.68. The molecule has 0 bridgehead atoms. The molecule has 2 aromatic carbocycles. The Hall–Kier alpha value is -2.94. The number of carbonyl (C=O) groups excluding carboxylic acids is 1. The molecule has 3 heteroatoms. The number of amides is 1. The molecule has 1 fully saturated rings. The van der Waals surface area contributed by atoms with Crippen molar-refractivity contribution in [3.05, 3.63) is 78.1 Å². The summed E-state index contributed by atoms with van der Waals surface area (Å²) in [7, 11) is 0. The quantitative estimate of drug-likeness (QED) is 0.660. The Morgan fingerprint density at radius 2 is 1.76 bits per heavy atom. The molecule has 1 aliphatic heterocycles. The van der Waals surface area contributed by atoms with Crippen molar-refractivity contribution in [2.24, 2.45) is 5.41 Å². The van der Waals surface area contributed by atoms with Crippen LogP contribution in [0.2, 0.25) is 0 Å². The highest BCUT2D eigenvalue weighted by Gasteiger charge is 2.43. The predicted molar refractivity (Wildman–Crippen MR) is 102 cm³/mol. The van der Waals surface area contributed by atoms with Crippen LogP contribution in [0.25, 0.3) is 17.0 Å². The fraction of sp³-hybridized carbons (Fsp3) is 0.182. The summed E-state index contributed by atoms with van der Waals surface area (Å²) in [5.41, 5.74) is 3.41. The van der Waals surface area contributed by atoms with E-state index >= 15 is 0 Å². The molecule has 3 aromatic rings. The second-order valence-electron chi connectivity index (χ2n) is 7.10. The summed E-state index contributed by atoms with van der Waals surface area (Å²) in [6.07, 6.45) is 4.59. The van der Waals surface area contributed by atoms with Gasteiger partial charge in [0.1, 0.15) is 0 Å². The number of allylic oxidation sites excluding steroid dienone is 1. The number of hydrogen-bond acceptors (Lipinski definition) is 2. The van der Waals surface area contributed by atoms with Crippen LogP contribution < -0.4 is 4.90 Å². The Morgan fingerprint density at radius 1 is 1.00 bits per heavy atom. The zero-order valence-corrected chi connectivity index (χ0v) is 14.4. The highest BCUT2D eigenvalue weighted by molar-refractivity contribution is 6.09. The Labute approximate surface area is 147 Å². The first-order valence-electron chi connectivity index (χ1n) is 8.50. The zero-order valence-electron chi connectivity index (χ0n) is 14.4. The van der Waals surface area contributed by atoms with Gasteiger partial charge in [0.15, 0.2) is 0 Å². The molecule has 1 aromatic heterocycles. The summed E-state index contributed by atoms with van der Waals surface area (Å²) < 4.78 is 0. The number of benzene rings is 2. The maximum Gasteiger partial charge on any atom is 0.237 e. The SMILES string of the molecule is CC1(C)C/C(=C\c2ccccc2)N(c2cccc3cccnc23)C1=O. The van der Waals surface area contributed by atoms with Gasteiger partial charge < -0.3 is 0 Å². The Balaban J connectivity index is 1.90. The molecule has 4 rings (SSSR count). The molecule has 2 heterocycles. The molecule has 0 radical (unpaired) electrons. The van der Waals surface area contributed by atoms with Crippen LogP contribution in [-0.2, 0) is 4.79 Å². The van der Waals surface area contributed by atoms with E-state index in [1.54, 1.807) is 6.20 Å². The number of hydrogen-bond donors (Lipinski definition) is 0. The minimum absolute atomic E-state index is 0.118. The highest BCUT2D eigenvalue weighted by atomic mass is 16.2. The lowest BCUT2D eigenvalue weighted by atomic mass is 9.91. The summed E-state index contributed by atoms with van der Waals surface area (Å²) in [4.78, 5) is 19.5. The van der Waals surface area contributed by atoms with Crippen LogP contribution in [0, 0.1) is 5.41 Å². The molecule has 1 saturated heterocycles. The largest absolute Gasteiger partial charge is 0.282 e. The van der Waals surface area contributed by atoms with Crippen molar-refractivity contribution in [3.63, 3.8) is 0 Å². The van der Waals surface area contributed by atoms with Crippen molar-refractivity contribution in [2.75, 3.05) is 4.90 Å². The topological polar surface area (TPSA) is 33.2 Å². The smallest absolute Gasteiger partial charge is 0.237 e. The molecule has 0 saturated carbocycles. The monoisotopic (exact) mass is 328 g/mol. The van der Waals surface area contributed by atoms with E-state index < -0.39 is 5.41 Å². The first-order chi connectivity index (χ1) is 12.1. The summed E-state index contributed by atoms with van der Waals surface area (Å²) in [5, 5.41) is 1.04. The Kier molecular flexibility index (Phi) is 3.65. The number of pyridine rings is 1. The maximum absolute atomic E-state index is 13.1. The van der Waals surface area contributed by atoms with E-state index in [9.17, 15) is 4.79 Å². The summed E-state index contributed by atoms with van der Waals surface area (Å²) in [6.45, 7) is 4.01. The standard InChI is InChI=1S/C22H20N2O/c1-22(2)15-18(14-16-8-4-3-5-9-16)24(21(22)25)19-12-6-10-17-11-7-13-23-20(17)19/h3-14H,15H2,1-2H3/b18-14+. The zero-order chi connectivity index (χ0) is 17.4. The Bertz CT molecular complexity index is 968. The van der Waals surface area contributed by atoms with E-state index in [2.05, 4.69) is 23.2 Å². The molecular formula is C22H20N2O. The van der Waals surface area contributed by atoms with Gasteiger partial charge in [0.05, 0.1) is 11.2 Å². The molecule has 0 N–H and O–H groups in total. The first kappa shape index (κ1) is 15.6. The summed E-state index contributed by atoms with van der Waals surface area (Å²) >= 11 is 0. The van der Waals surface area contributed by atoms with Crippen LogP contribution in [0.3, 0.4) is 0 Å². The minimum Gasteiger partial charge on any atom is -0.282 e. The van der Waals surface area contributed by atoms with E-state index in [1.807, 2.05) is 67.3 Å². The maximum atomic E-state index is 13.1. The molecule has 1 amide bonds. The van der Waals surface area contributed by atoms with Crippen molar-refractivity contribution in [2.45, 2.75) is 20.3 Å². The second kappa shape index (κ2) is 5.85. The minimum atomic E-state index is -0.419. The van der Waals surface area contributed by atoms with Gasteiger partial charge in [-0.2, -0.15) is 0 Å². The van der Waals surface area contributed by atoms with E-state index in [0.29, 0.717) is 6.42 Å². The van der Waals surface area contributed by atoms with Crippen LogP contribution in [-0.4, -0.2) is 10.9 Å². The van der Waals surface area contributed by atoms with Gasteiger partial charge in [0, 0.05) is 29.1 Å². The van der Waals surface area contributed by atoms with Gasteiger partial charge in [0.2, 0.25) is 5.91 Å². The van der Waals surface area contributed by atoms with Crippen molar-refractivity contribution in [1.29, 1.82) is 0 Å². The van der Waals surface area contributed by atoms with Crippen LogP contribution in [0.4, 0.5) is 5.69 Å². The van der Waals surface area contributed by atoms with Crippen LogP contribution in [0.15, 0.2) is 72.6 Å². The fourth-order valence-electron chi connectivity index (χ4n) is 3.43. The third kappa shape index (κ3) is 2.72. The molecule has 0 spiro atoms. The molecule has 3 nitrogen and oxygen atoms in total. The molecule has 124 valence electrons. The van der Waals surface area contributed by atoms with Gasteiger partial charge in [0.25, 0.3) is 0 Å². The highest BCUT2D eigenvalue weighted by Crippen LogP contribution is 2.43. The second-order valence-corrected chi connectivity index (χ2v) is 7.10. The lowest BCUT2D eigenvalue weighted by Gasteiger charge is -2.21. The Morgan fingerprint density at radius 3 is 2.56 bits per heavy atom. The average molecular weight is 328 g/mol. The fourth-order valence-corrected chi connectivity index (χ4v) is 3.43. The van der Waals surface area contributed by atoms with Crippen molar-refractivity contribution < 1.29 is 4.79 Å². The van der Waals surface area contributed by atoms with Crippen LogP contribution >= 0.6 is 0 Å². The van der Waals surface area contributed by atoms with E-state index in [0.717, 1.165) is 27.9 Å². The molecule has 0 unspecified atom stereocenters. The summed E-state index contributed by atoms with van der Waals surface area (Å²) in [5.74, 6) is 0.118. The molecule has 25 heavy (non-hydrogen) atoms. The normalized spacial score (nSPS) is 18.2. The van der Waals surface area contributed by atoms with Crippen molar-refractivity contribution >= 4 is 28.6 Å². The summed E-state index contributed by atoms with van der Waals surface area (Å²) in [6, 6.07) is 20.1. The van der Waals surface area contributed by atoms with Crippen molar-refractivity contribution in [1.82, 2.24) is 4.98 Å². The number of rotatable bonds is 2. The number of para-hydroxylation sites is 1. The van der Waals surface area contributed by atoms with Gasteiger partial charge in [-0.3, -0.25) is 14.7 Å². The lowest BCUT2D eigenvalue weighted by molar-refractivity contribution is -0.123. The average Bonchev–Trinajstić information content (AvgIpc) is 2.84. The first-order valence-corrected chi connectivity index (χ1v) is 8.50. The van der Waals surface area contributed by atoms with Gasteiger partial charge in [-0.05, 0) is 23.8 Å². The molecule has 1 aliphatic rings.